The van der Waals surface area contributed by atoms with Gasteiger partial charge in [0.2, 0.25) is 12.0 Å². The normalized spacial score (nSPS) is 17.8. The first-order valence-electron chi connectivity index (χ1n) is 9.04. The maximum absolute atomic E-state index is 11.3. The molecule has 0 amide bonds. The molecule has 2 heterocycles. The smallest absolute Gasteiger partial charge is 0.430 e. The number of carboxylic acid groups (broad SMARTS) is 1. The Kier molecular flexibility index (Phi) is 6.69. The average molecular weight is 457 g/mol. The Balaban J connectivity index is 0.000000339. The minimum atomic E-state index is -5.19. The molecule has 0 spiro atoms. The van der Waals surface area contributed by atoms with Crippen LogP contribution in [0.4, 0.5) is 13.2 Å². The lowest BCUT2D eigenvalue weighted by molar-refractivity contribution is -0.893. The van der Waals surface area contributed by atoms with E-state index in [4.69, 9.17) is 30.9 Å². The summed E-state index contributed by atoms with van der Waals surface area (Å²) in [6.45, 7) is 0. The quantitative estimate of drug-likeness (QED) is 0.607. The van der Waals surface area contributed by atoms with E-state index in [1.807, 2.05) is 36.5 Å². The number of nitrogens with zero attached hydrogens (tertiary/aromatic N) is 1. The van der Waals surface area contributed by atoms with Crippen LogP contribution in [0.1, 0.15) is 24.3 Å². The fourth-order valence-electron chi connectivity index (χ4n) is 2.94. The summed E-state index contributed by atoms with van der Waals surface area (Å²) in [6.07, 6.45) is -1.36. The fraction of sp³-hybridized carbons (Fsp3) is 0.250. The number of nitrogens with one attached hydrogen (secondary N) is 1. The zero-order valence-corrected chi connectivity index (χ0v) is 16.5. The van der Waals surface area contributed by atoms with Gasteiger partial charge >= 0.3 is 11.9 Å². The van der Waals surface area contributed by atoms with Crippen molar-refractivity contribution in [3.8, 4) is 11.5 Å². The largest absolute Gasteiger partial charge is 0.542 e. The number of hydrogen-bond acceptors (Lipinski definition) is 5. The summed E-state index contributed by atoms with van der Waals surface area (Å²) in [4.78, 5) is 26.1. The van der Waals surface area contributed by atoms with Gasteiger partial charge in [-0.15, -0.1) is 0 Å². The first-order valence-corrected chi connectivity index (χ1v) is 9.41. The highest BCUT2D eigenvalue weighted by atomic mass is 35.5. The predicted molar refractivity (Wildman–Crippen MR) is 99.8 cm³/mol. The lowest BCUT2D eigenvalue weighted by atomic mass is 9.78. The molecule has 11 heteroatoms. The molecule has 1 aliphatic rings. The van der Waals surface area contributed by atoms with Gasteiger partial charge in [-0.2, -0.15) is 18.3 Å². The molecule has 3 aromatic rings. The molecule has 0 unspecified atom stereocenters. The second-order valence-corrected chi connectivity index (χ2v) is 7.16. The van der Waals surface area contributed by atoms with E-state index < -0.39 is 12.1 Å². The Bertz CT molecular complexity index is 1090. The van der Waals surface area contributed by atoms with Crippen molar-refractivity contribution in [2.24, 2.45) is 0 Å². The number of aromatic amines is 1. The van der Waals surface area contributed by atoms with Crippen molar-refractivity contribution in [1.82, 2.24) is 5.16 Å². The number of carbonyl (C=O) groups excluding carboxylic acids is 1. The highest BCUT2D eigenvalue weighted by molar-refractivity contribution is 6.30. The van der Waals surface area contributed by atoms with Crippen molar-refractivity contribution in [2.45, 2.75) is 31.0 Å². The molecule has 0 bridgehead atoms. The summed E-state index contributed by atoms with van der Waals surface area (Å²) < 4.78 is 38.4. The molecule has 1 aromatic carbocycles. The molecule has 0 atom stereocenters. The highest BCUT2D eigenvalue weighted by Crippen LogP contribution is 2.37. The molecule has 164 valence electrons. The number of halogens is 4. The summed E-state index contributed by atoms with van der Waals surface area (Å²) in [5.41, 5.74) is 1.71. The minimum Gasteiger partial charge on any atom is -0.542 e. The van der Waals surface area contributed by atoms with E-state index in [1.54, 1.807) is 4.73 Å². The number of alkyl halides is 3. The van der Waals surface area contributed by atoms with Gasteiger partial charge in [0, 0.05) is 21.9 Å². The van der Waals surface area contributed by atoms with E-state index in [0.29, 0.717) is 17.4 Å². The third-order valence-corrected chi connectivity index (χ3v) is 4.78. The van der Waals surface area contributed by atoms with Crippen LogP contribution < -0.4 is 20.2 Å². The number of carboxylic acids is 1. The standard InChI is InChI=1S/C18H15ClN2O3.C2HF3O2/c19-14-6-4-12(5-7-14)13-9-15(10-13)24-21-8-2-1-3-16(21)17-11-18(22)20-23-17;3-2(4,5)1(6)7/h1-8,11,13,15H,9-10H2;(H,6,7). The Morgan fingerprint density at radius 3 is 2.39 bits per heavy atom. The van der Waals surface area contributed by atoms with Gasteiger partial charge in [-0.3, -0.25) is 9.63 Å². The molecule has 1 N–H and O–H groups in total. The second-order valence-electron chi connectivity index (χ2n) is 6.72. The number of benzene rings is 1. The molecule has 0 aliphatic heterocycles. The highest BCUT2D eigenvalue weighted by Gasteiger charge is 2.36. The van der Waals surface area contributed by atoms with Gasteiger partial charge in [-0.05, 0) is 42.5 Å². The first kappa shape index (κ1) is 22.4. The van der Waals surface area contributed by atoms with E-state index in [2.05, 4.69) is 17.3 Å². The number of pyridine rings is 1. The molecule has 7 nitrogen and oxygen atoms in total. The molecular weight excluding hydrogens is 441 g/mol. The predicted octanol–water partition coefficient (Wildman–Crippen LogP) is 2.25. The summed E-state index contributed by atoms with van der Waals surface area (Å²) in [5.74, 6) is -2.06. The molecule has 1 fully saturated rings. The van der Waals surface area contributed by atoms with Gasteiger partial charge in [0.1, 0.15) is 5.97 Å². The van der Waals surface area contributed by atoms with Crippen LogP contribution >= 0.6 is 11.6 Å². The Labute approximate surface area is 178 Å². The van der Waals surface area contributed by atoms with E-state index in [0.717, 1.165) is 17.9 Å². The van der Waals surface area contributed by atoms with Gasteiger partial charge in [0.25, 0.3) is 5.56 Å². The minimum absolute atomic E-state index is 0.127. The van der Waals surface area contributed by atoms with E-state index in [9.17, 15) is 18.0 Å². The number of carbonyl (C=O) groups is 1. The molecule has 31 heavy (non-hydrogen) atoms. The fourth-order valence-corrected chi connectivity index (χ4v) is 3.07. The number of H-pyrrole nitrogens is 1. The van der Waals surface area contributed by atoms with Crippen LogP contribution in [-0.2, 0) is 4.79 Å². The number of rotatable bonds is 4. The van der Waals surface area contributed by atoms with Gasteiger partial charge in [-0.1, -0.05) is 23.7 Å². The summed E-state index contributed by atoms with van der Waals surface area (Å²) in [5, 5.41) is 11.8. The van der Waals surface area contributed by atoms with Gasteiger partial charge in [0.15, 0.2) is 6.10 Å². The number of hydrogen-bond donors (Lipinski definition) is 1. The van der Waals surface area contributed by atoms with Crippen LogP contribution in [0, 0.1) is 0 Å². The Morgan fingerprint density at radius 2 is 1.84 bits per heavy atom. The number of aliphatic carboxylic acids is 1. The van der Waals surface area contributed by atoms with Crippen LogP contribution in [0.5, 0.6) is 0 Å². The van der Waals surface area contributed by atoms with Crippen LogP contribution in [0.3, 0.4) is 0 Å². The molecular formula is C20H16ClF3N2O5. The SMILES string of the molecule is O=C([O-])C(F)(F)F.O=c1cc(-c2cccc[n+]2OC2CC(c3ccc(Cl)cc3)C2)o[nH]1. The molecule has 0 radical (unpaired) electrons. The van der Waals surface area contributed by atoms with Crippen molar-refractivity contribution < 1.29 is 37.2 Å². The summed E-state index contributed by atoms with van der Waals surface area (Å²) in [6, 6.07) is 15.0. The van der Waals surface area contributed by atoms with Crippen molar-refractivity contribution in [1.29, 1.82) is 0 Å². The van der Waals surface area contributed by atoms with Gasteiger partial charge < -0.3 is 14.4 Å². The number of aromatic nitrogens is 2. The Morgan fingerprint density at radius 1 is 1.19 bits per heavy atom. The van der Waals surface area contributed by atoms with E-state index >= 15 is 0 Å². The molecule has 1 saturated carbocycles. The van der Waals surface area contributed by atoms with Crippen molar-refractivity contribution in [2.75, 3.05) is 0 Å². The van der Waals surface area contributed by atoms with Crippen molar-refractivity contribution >= 4 is 17.6 Å². The third kappa shape index (κ3) is 5.88. The van der Waals surface area contributed by atoms with E-state index in [1.165, 1.54) is 11.6 Å². The Hall–Kier alpha value is -3.27. The topological polar surface area (TPSA) is 99.2 Å². The van der Waals surface area contributed by atoms with Crippen LogP contribution in [0.2, 0.25) is 5.02 Å². The lowest BCUT2D eigenvalue weighted by Crippen LogP contribution is -2.52. The van der Waals surface area contributed by atoms with Crippen LogP contribution in [-0.4, -0.2) is 23.4 Å². The third-order valence-electron chi connectivity index (χ3n) is 4.53. The lowest BCUT2D eigenvalue weighted by Gasteiger charge is -2.32. The zero-order chi connectivity index (χ0) is 22.6. The van der Waals surface area contributed by atoms with Gasteiger partial charge in [0.05, 0.1) is 6.07 Å². The molecule has 4 rings (SSSR count). The van der Waals surface area contributed by atoms with Gasteiger partial charge in [-0.25, -0.2) is 0 Å². The summed E-state index contributed by atoms with van der Waals surface area (Å²) >= 11 is 5.93. The summed E-state index contributed by atoms with van der Waals surface area (Å²) in [7, 11) is 0. The zero-order valence-electron chi connectivity index (χ0n) is 15.8. The maximum atomic E-state index is 11.3. The first-order chi connectivity index (χ1) is 14.6. The maximum Gasteiger partial charge on any atom is 0.430 e. The molecule has 2 aromatic heterocycles. The van der Waals surface area contributed by atoms with Crippen LogP contribution in [0.15, 0.2) is 64.0 Å². The van der Waals surface area contributed by atoms with Crippen molar-refractivity contribution in [3.63, 3.8) is 0 Å². The van der Waals surface area contributed by atoms with Crippen molar-refractivity contribution in [3.05, 3.63) is 75.7 Å². The van der Waals surface area contributed by atoms with Crippen LogP contribution in [0.25, 0.3) is 11.5 Å². The second kappa shape index (κ2) is 9.25. The molecule has 0 saturated heterocycles. The molecule has 1 aliphatic carbocycles. The average Bonchev–Trinajstić information content (AvgIpc) is 3.11. The van der Waals surface area contributed by atoms with E-state index in [-0.39, 0.29) is 11.7 Å². The monoisotopic (exact) mass is 456 g/mol.